The molecule has 0 radical (unpaired) electrons. The predicted molar refractivity (Wildman–Crippen MR) is 60.2 cm³/mol. The lowest BCUT2D eigenvalue weighted by molar-refractivity contribution is -0.122. The molecule has 2 aliphatic rings. The van der Waals surface area contributed by atoms with Gasteiger partial charge in [-0.15, -0.1) is 0 Å². The van der Waals surface area contributed by atoms with Crippen LogP contribution in [0.5, 0.6) is 0 Å². The van der Waals surface area contributed by atoms with Gasteiger partial charge in [-0.2, -0.15) is 0 Å². The summed E-state index contributed by atoms with van der Waals surface area (Å²) in [6.45, 7) is 0.778. The van der Waals surface area contributed by atoms with Crippen molar-refractivity contribution in [2.45, 2.75) is 19.3 Å². The minimum absolute atomic E-state index is 0.00840. The van der Waals surface area contributed by atoms with Crippen LogP contribution in [0, 0.1) is 17.8 Å². The molecule has 2 N–H and O–H groups in total. The Hall–Kier alpha value is -1.65. The molecule has 2 fully saturated rings. The molecule has 1 aromatic heterocycles. The summed E-state index contributed by atoms with van der Waals surface area (Å²) in [6, 6.07) is 0. The zero-order valence-electron chi connectivity index (χ0n) is 9.48. The topological polar surface area (TPSA) is 74.8 Å². The molecule has 0 unspecified atom stereocenters. The number of amides is 1. The molecule has 0 aromatic carbocycles. The first kappa shape index (κ1) is 10.5. The van der Waals surface area contributed by atoms with Crippen molar-refractivity contribution in [1.29, 1.82) is 0 Å². The van der Waals surface area contributed by atoms with Crippen LogP contribution in [0.25, 0.3) is 0 Å². The van der Waals surface area contributed by atoms with E-state index in [2.05, 4.69) is 15.3 Å². The molecular weight excluding hydrogens is 218 g/mol. The summed E-state index contributed by atoms with van der Waals surface area (Å²) < 4.78 is 0. The van der Waals surface area contributed by atoms with Crippen LogP contribution in [-0.2, 0) is 4.79 Å². The number of ketones is 1. The van der Waals surface area contributed by atoms with Crippen LogP contribution in [0.2, 0.25) is 0 Å². The molecule has 3 rings (SSSR count). The first-order valence-corrected chi connectivity index (χ1v) is 6.06. The summed E-state index contributed by atoms with van der Waals surface area (Å²) in [5, 5.41) is 2.92. The highest BCUT2D eigenvalue weighted by Crippen LogP contribution is 2.41. The Morgan fingerprint density at radius 2 is 2.24 bits per heavy atom. The number of carbonyl (C=O) groups is 2. The predicted octanol–water partition coefficient (Wildman–Crippen LogP) is 0.755. The summed E-state index contributed by atoms with van der Waals surface area (Å²) in [5.74, 6) is 0.461. The van der Waals surface area contributed by atoms with Gasteiger partial charge in [0, 0.05) is 18.4 Å². The number of rotatable bonds is 5. The van der Waals surface area contributed by atoms with Crippen molar-refractivity contribution < 1.29 is 9.59 Å². The molecule has 0 spiro atoms. The number of carbonyl (C=O) groups excluding carboxylic acids is 2. The van der Waals surface area contributed by atoms with Crippen LogP contribution in [-0.4, -0.2) is 28.2 Å². The second kappa shape index (κ2) is 3.98. The van der Waals surface area contributed by atoms with Gasteiger partial charge in [-0.3, -0.25) is 9.59 Å². The van der Waals surface area contributed by atoms with Gasteiger partial charge in [-0.1, -0.05) is 0 Å². The normalized spacial score (nSPS) is 26.6. The van der Waals surface area contributed by atoms with Gasteiger partial charge in [-0.05, 0) is 25.2 Å². The van der Waals surface area contributed by atoms with Crippen LogP contribution in [0.3, 0.4) is 0 Å². The van der Waals surface area contributed by atoms with E-state index in [1.54, 1.807) is 0 Å². The maximum Gasteiger partial charge on any atom is 0.223 e. The highest BCUT2D eigenvalue weighted by Gasteiger charge is 2.48. The van der Waals surface area contributed by atoms with Gasteiger partial charge in [0.05, 0.1) is 12.5 Å². The number of aromatic nitrogens is 2. The van der Waals surface area contributed by atoms with Crippen LogP contribution in [0.1, 0.15) is 29.8 Å². The monoisotopic (exact) mass is 233 g/mol. The fraction of sp³-hybridized carbons (Fsp3) is 0.583. The Morgan fingerprint density at radius 3 is 2.88 bits per heavy atom. The van der Waals surface area contributed by atoms with Gasteiger partial charge < -0.3 is 10.3 Å². The van der Waals surface area contributed by atoms with Gasteiger partial charge in [-0.25, -0.2) is 4.98 Å². The van der Waals surface area contributed by atoms with Crippen molar-refractivity contribution in [3.05, 3.63) is 18.2 Å². The number of nitrogens with zero attached hydrogens (tertiary/aromatic N) is 1. The third-order valence-corrected chi connectivity index (χ3v) is 3.49. The number of aromatic amines is 1. The van der Waals surface area contributed by atoms with Gasteiger partial charge in [0.15, 0.2) is 5.78 Å². The number of Topliss-reactive ketones (excluding diaryl/α,β-unsaturated/α-hetero) is 1. The summed E-state index contributed by atoms with van der Waals surface area (Å²) >= 11 is 0. The Kier molecular flexibility index (Phi) is 2.46. The van der Waals surface area contributed by atoms with E-state index in [4.69, 9.17) is 0 Å². The largest absolute Gasteiger partial charge is 0.356 e. The molecule has 17 heavy (non-hydrogen) atoms. The van der Waals surface area contributed by atoms with Crippen molar-refractivity contribution in [1.82, 2.24) is 15.3 Å². The molecule has 1 aromatic rings. The number of H-pyrrole nitrogens is 1. The minimum Gasteiger partial charge on any atom is -0.356 e. The summed E-state index contributed by atoms with van der Waals surface area (Å²) in [7, 11) is 0. The fourth-order valence-corrected chi connectivity index (χ4v) is 2.06. The lowest BCUT2D eigenvalue weighted by Gasteiger charge is -2.02. The number of hydrogen-bond acceptors (Lipinski definition) is 3. The molecular formula is C12H15N3O2. The van der Waals surface area contributed by atoms with Gasteiger partial charge in [0.2, 0.25) is 5.91 Å². The molecule has 1 amide bonds. The van der Waals surface area contributed by atoms with Crippen molar-refractivity contribution in [3.8, 4) is 0 Å². The molecule has 5 heteroatoms. The molecule has 2 saturated carbocycles. The van der Waals surface area contributed by atoms with Crippen LogP contribution in [0.4, 0.5) is 0 Å². The standard InChI is InChI=1S/C12H15N3O2/c16-11(10-5-13-6-15-10)8-3-9(8)12(17)14-4-7-1-2-7/h5-9H,1-4H2,(H,13,15)(H,14,17)/t8-,9+/m1/s1. The quantitative estimate of drug-likeness (QED) is 0.737. The van der Waals surface area contributed by atoms with Crippen molar-refractivity contribution in [3.63, 3.8) is 0 Å². The van der Waals surface area contributed by atoms with Gasteiger partial charge in [0.1, 0.15) is 5.69 Å². The molecule has 2 aliphatic carbocycles. The third kappa shape index (κ3) is 2.23. The third-order valence-electron chi connectivity index (χ3n) is 3.49. The number of hydrogen-bond donors (Lipinski definition) is 2. The van der Waals surface area contributed by atoms with E-state index >= 15 is 0 Å². The summed E-state index contributed by atoms with van der Waals surface area (Å²) in [4.78, 5) is 30.2. The second-order valence-corrected chi connectivity index (χ2v) is 4.97. The zero-order valence-corrected chi connectivity index (χ0v) is 9.48. The van der Waals surface area contributed by atoms with E-state index in [9.17, 15) is 9.59 Å². The van der Waals surface area contributed by atoms with Crippen LogP contribution < -0.4 is 5.32 Å². The second-order valence-electron chi connectivity index (χ2n) is 4.97. The maximum absolute atomic E-state index is 11.9. The molecule has 0 aliphatic heterocycles. The van der Waals surface area contributed by atoms with E-state index in [0.29, 0.717) is 18.0 Å². The Labute approximate surface area is 99.0 Å². The highest BCUT2D eigenvalue weighted by molar-refractivity contribution is 6.02. The van der Waals surface area contributed by atoms with E-state index in [1.165, 1.54) is 25.4 Å². The lowest BCUT2D eigenvalue weighted by Crippen LogP contribution is -2.28. The summed E-state index contributed by atoms with van der Waals surface area (Å²) in [5.41, 5.74) is 0.507. The average Bonchev–Trinajstić information content (AvgIpc) is 3.24. The van der Waals surface area contributed by atoms with Crippen molar-refractivity contribution >= 4 is 11.7 Å². The van der Waals surface area contributed by atoms with E-state index in [0.717, 1.165) is 6.54 Å². The van der Waals surface area contributed by atoms with Gasteiger partial charge in [0.25, 0.3) is 0 Å². The lowest BCUT2D eigenvalue weighted by atomic mass is 10.1. The van der Waals surface area contributed by atoms with Crippen LogP contribution >= 0.6 is 0 Å². The van der Waals surface area contributed by atoms with Gasteiger partial charge >= 0.3 is 0 Å². The molecule has 90 valence electrons. The molecule has 5 nitrogen and oxygen atoms in total. The van der Waals surface area contributed by atoms with Crippen LogP contribution in [0.15, 0.2) is 12.5 Å². The maximum atomic E-state index is 11.9. The Bertz CT molecular complexity index is 437. The smallest absolute Gasteiger partial charge is 0.223 e. The highest BCUT2D eigenvalue weighted by atomic mass is 16.2. The Morgan fingerprint density at radius 1 is 1.41 bits per heavy atom. The SMILES string of the molecule is O=C(NCC1CC1)[C@H]1C[C@H]1C(=O)c1cnc[nH]1. The average molecular weight is 233 g/mol. The van der Waals surface area contributed by atoms with E-state index < -0.39 is 0 Å². The van der Waals surface area contributed by atoms with E-state index in [-0.39, 0.29) is 23.5 Å². The fourth-order valence-electron chi connectivity index (χ4n) is 2.06. The Balaban J connectivity index is 1.51. The zero-order chi connectivity index (χ0) is 11.8. The van der Waals surface area contributed by atoms with E-state index in [1.807, 2.05) is 0 Å². The molecule has 1 heterocycles. The van der Waals surface area contributed by atoms with Crippen molar-refractivity contribution in [2.24, 2.45) is 17.8 Å². The number of imidazole rings is 1. The molecule has 2 atom stereocenters. The number of nitrogens with one attached hydrogen (secondary N) is 2. The minimum atomic E-state index is -0.144. The first-order chi connectivity index (χ1) is 8.25. The first-order valence-electron chi connectivity index (χ1n) is 6.06. The van der Waals surface area contributed by atoms with Crippen molar-refractivity contribution in [2.75, 3.05) is 6.54 Å². The molecule has 0 saturated heterocycles. The molecule has 0 bridgehead atoms. The summed E-state index contributed by atoms with van der Waals surface area (Å²) in [6.07, 6.45) is 6.12.